The van der Waals surface area contributed by atoms with Crippen LogP contribution in [0.4, 0.5) is 0 Å². The monoisotopic (exact) mass is 223 g/mol. The number of nitrogens with zero attached hydrogens (tertiary/aromatic N) is 2. The van der Waals surface area contributed by atoms with Crippen molar-refractivity contribution >= 4 is 11.2 Å². The standard InChI is InChI=1S/C14H13N3/c1-9-5-3-4-6-11(9)13-16-12-10(2)7-8-15-14(12)17-13/h3-8H,1-2H3,(H,15,16,17). The van der Waals surface area contributed by atoms with Gasteiger partial charge in [0.05, 0.1) is 5.52 Å². The fourth-order valence-corrected chi connectivity index (χ4v) is 2.00. The molecule has 0 atom stereocenters. The van der Waals surface area contributed by atoms with Crippen LogP contribution in [0.15, 0.2) is 36.5 Å². The Kier molecular flexibility index (Phi) is 2.18. The van der Waals surface area contributed by atoms with Crippen LogP contribution in [0.1, 0.15) is 11.1 Å². The molecule has 1 N–H and O–H groups in total. The summed E-state index contributed by atoms with van der Waals surface area (Å²) in [5.41, 5.74) is 5.31. The number of aromatic nitrogens is 3. The minimum Gasteiger partial charge on any atom is -0.336 e. The second-order valence-corrected chi connectivity index (χ2v) is 4.23. The van der Waals surface area contributed by atoms with E-state index in [4.69, 9.17) is 0 Å². The molecule has 3 aromatic rings. The van der Waals surface area contributed by atoms with Gasteiger partial charge in [-0.3, -0.25) is 0 Å². The van der Waals surface area contributed by atoms with Gasteiger partial charge < -0.3 is 4.98 Å². The molecular weight excluding hydrogens is 210 g/mol. The molecule has 0 amide bonds. The van der Waals surface area contributed by atoms with E-state index in [9.17, 15) is 0 Å². The Bertz CT molecular complexity index is 683. The summed E-state index contributed by atoms with van der Waals surface area (Å²) >= 11 is 0. The van der Waals surface area contributed by atoms with E-state index in [0.29, 0.717) is 0 Å². The van der Waals surface area contributed by atoms with Gasteiger partial charge in [0.1, 0.15) is 5.82 Å². The third-order valence-electron chi connectivity index (χ3n) is 3.00. The van der Waals surface area contributed by atoms with Crippen molar-refractivity contribution in [2.24, 2.45) is 0 Å². The highest BCUT2D eigenvalue weighted by Crippen LogP contribution is 2.23. The molecule has 3 heteroatoms. The molecule has 0 unspecified atom stereocenters. The van der Waals surface area contributed by atoms with Crippen LogP contribution < -0.4 is 0 Å². The van der Waals surface area contributed by atoms with Crippen molar-refractivity contribution in [2.75, 3.05) is 0 Å². The van der Waals surface area contributed by atoms with Crippen LogP contribution in [0.5, 0.6) is 0 Å². The highest BCUT2D eigenvalue weighted by molar-refractivity contribution is 5.79. The maximum atomic E-state index is 4.54. The van der Waals surface area contributed by atoms with Gasteiger partial charge in [-0.15, -0.1) is 0 Å². The summed E-state index contributed by atoms with van der Waals surface area (Å²) in [6, 6.07) is 10.2. The quantitative estimate of drug-likeness (QED) is 0.688. The predicted octanol–water partition coefficient (Wildman–Crippen LogP) is 3.24. The summed E-state index contributed by atoms with van der Waals surface area (Å²) < 4.78 is 0. The molecule has 0 fully saturated rings. The van der Waals surface area contributed by atoms with Gasteiger partial charge in [-0.1, -0.05) is 24.3 Å². The molecule has 0 aliphatic carbocycles. The zero-order valence-electron chi connectivity index (χ0n) is 9.86. The van der Waals surface area contributed by atoms with Gasteiger partial charge in [0.15, 0.2) is 5.65 Å². The van der Waals surface area contributed by atoms with Crippen LogP contribution >= 0.6 is 0 Å². The van der Waals surface area contributed by atoms with Gasteiger partial charge in [0.25, 0.3) is 0 Å². The lowest BCUT2D eigenvalue weighted by Crippen LogP contribution is -1.84. The molecule has 0 spiro atoms. The highest BCUT2D eigenvalue weighted by atomic mass is 15.0. The Morgan fingerprint density at radius 2 is 1.82 bits per heavy atom. The zero-order valence-corrected chi connectivity index (χ0v) is 9.86. The van der Waals surface area contributed by atoms with E-state index in [1.165, 1.54) is 11.1 Å². The lowest BCUT2D eigenvalue weighted by atomic mass is 10.1. The number of pyridine rings is 1. The van der Waals surface area contributed by atoms with Crippen LogP contribution in [0.2, 0.25) is 0 Å². The zero-order chi connectivity index (χ0) is 11.8. The first-order chi connectivity index (χ1) is 8.25. The first kappa shape index (κ1) is 10.0. The molecule has 0 saturated heterocycles. The maximum Gasteiger partial charge on any atom is 0.178 e. The molecule has 0 aliphatic heterocycles. The number of imidazole rings is 1. The van der Waals surface area contributed by atoms with Crippen LogP contribution in [0.3, 0.4) is 0 Å². The topological polar surface area (TPSA) is 41.6 Å². The predicted molar refractivity (Wildman–Crippen MR) is 68.8 cm³/mol. The summed E-state index contributed by atoms with van der Waals surface area (Å²) in [4.78, 5) is 12.2. The van der Waals surface area contributed by atoms with Crippen molar-refractivity contribution in [1.82, 2.24) is 15.0 Å². The molecular formula is C14H13N3. The molecule has 84 valence electrons. The molecule has 17 heavy (non-hydrogen) atoms. The Morgan fingerprint density at radius 1 is 1.00 bits per heavy atom. The van der Waals surface area contributed by atoms with Gasteiger partial charge in [-0.2, -0.15) is 0 Å². The number of rotatable bonds is 1. The van der Waals surface area contributed by atoms with Gasteiger partial charge in [0.2, 0.25) is 0 Å². The number of fused-ring (bicyclic) bond motifs is 1. The average molecular weight is 223 g/mol. The van der Waals surface area contributed by atoms with E-state index in [2.05, 4.69) is 40.9 Å². The van der Waals surface area contributed by atoms with Gasteiger partial charge in [-0.25, -0.2) is 9.97 Å². The fraction of sp³-hybridized carbons (Fsp3) is 0.143. The minimum atomic E-state index is 0.781. The van der Waals surface area contributed by atoms with Gasteiger partial charge >= 0.3 is 0 Å². The third kappa shape index (κ3) is 1.60. The van der Waals surface area contributed by atoms with E-state index in [1.54, 1.807) is 6.20 Å². The van der Waals surface area contributed by atoms with Crippen molar-refractivity contribution in [3.63, 3.8) is 0 Å². The number of H-pyrrole nitrogens is 1. The number of aryl methyl sites for hydroxylation is 2. The number of nitrogens with one attached hydrogen (secondary N) is 1. The van der Waals surface area contributed by atoms with Crippen LogP contribution in [-0.4, -0.2) is 15.0 Å². The van der Waals surface area contributed by atoms with Crippen molar-refractivity contribution in [2.45, 2.75) is 13.8 Å². The Labute approximate surface area is 99.5 Å². The first-order valence-corrected chi connectivity index (χ1v) is 5.63. The van der Waals surface area contributed by atoms with E-state index in [1.807, 2.05) is 18.2 Å². The Morgan fingerprint density at radius 3 is 2.59 bits per heavy atom. The normalized spacial score (nSPS) is 10.9. The van der Waals surface area contributed by atoms with Gasteiger partial charge in [0, 0.05) is 11.8 Å². The number of hydrogen-bond donors (Lipinski definition) is 1. The lowest BCUT2D eigenvalue weighted by Gasteiger charge is -2.00. The molecule has 0 saturated carbocycles. The molecule has 0 bridgehead atoms. The summed E-state index contributed by atoms with van der Waals surface area (Å²) in [6.45, 7) is 4.15. The summed E-state index contributed by atoms with van der Waals surface area (Å²) in [6.07, 6.45) is 1.79. The smallest absolute Gasteiger partial charge is 0.178 e. The molecule has 2 heterocycles. The van der Waals surface area contributed by atoms with E-state index < -0.39 is 0 Å². The summed E-state index contributed by atoms with van der Waals surface area (Å²) in [5.74, 6) is 0.889. The van der Waals surface area contributed by atoms with Crippen molar-refractivity contribution in [1.29, 1.82) is 0 Å². The molecule has 2 aromatic heterocycles. The van der Waals surface area contributed by atoms with E-state index in [0.717, 1.165) is 22.6 Å². The fourth-order valence-electron chi connectivity index (χ4n) is 2.00. The second kappa shape index (κ2) is 3.70. The molecule has 0 aliphatic rings. The highest BCUT2D eigenvalue weighted by Gasteiger charge is 2.08. The van der Waals surface area contributed by atoms with E-state index >= 15 is 0 Å². The minimum absolute atomic E-state index is 0.781. The molecule has 3 nitrogen and oxygen atoms in total. The maximum absolute atomic E-state index is 4.54. The Hall–Kier alpha value is -2.16. The third-order valence-corrected chi connectivity index (χ3v) is 3.00. The molecule has 1 aromatic carbocycles. The van der Waals surface area contributed by atoms with Crippen molar-refractivity contribution < 1.29 is 0 Å². The molecule has 3 rings (SSSR count). The van der Waals surface area contributed by atoms with Crippen molar-refractivity contribution in [3.8, 4) is 11.4 Å². The first-order valence-electron chi connectivity index (χ1n) is 5.63. The van der Waals surface area contributed by atoms with Crippen LogP contribution in [-0.2, 0) is 0 Å². The SMILES string of the molecule is Cc1ccccc1-c1nc2nccc(C)c2[nH]1. The van der Waals surface area contributed by atoms with Crippen LogP contribution in [0, 0.1) is 13.8 Å². The second-order valence-electron chi connectivity index (χ2n) is 4.23. The summed E-state index contributed by atoms with van der Waals surface area (Å²) in [7, 11) is 0. The van der Waals surface area contributed by atoms with Crippen molar-refractivity contribution in [3.05, 3.63) is 47.7 Å². The van der Waals surface area contributed by atoms with Gasteiger partial charge in [-0.05, 0) is 31.0 Å². The van der Waals surface area contributed by atoms with Crippen LogP contribution in [0.25, 0.3) is 22.6 Å². The average Bonchev–Trinajstić information content (AvgIpc) is 2.75. The van der Waals surface area contributed by atoms with E-state index in [-0.39, 0.29) is 0 Å². The lowest BCUT2D eigenvalue weighted by molar-refractivity contribution is 1.28. The number of benzene rings is 1. The Balaban J connectivity index is 2.26. The number of aromatic amines is 1. The number of hydrogen-bond acceptors (Lipinski definition) is 2. The molecule has 0 radical (unpaired) electrons. The largest absolute Gasteiger partial charge is 0.336 e. The summed E-state index contributed by atoms with van der Waals surface area (Å²) in [5, 5.41) is 0.